The molecule has 0 bridgehead atoms. The highest BCUT2D eigenvalue weighted by Crippen LogP contribution is 2.07. The predicted octanol–water partition coefficient (Wildman–Crippen LogP) is 0.211. The quantitative estimate of drug-likeness (QED) is 0.714. The van der Waals surface area contributed by atoms with Crippen LogP contribution in [0.4, 0.5) is 0 Å². The zero-order valence-corrected chi connectivity index (χ0v) is 12.1. The third-order valence-electron chi connectivity index (χ3n) is 3.30. The number of rotatable bonds is 6. The Morgan fingerprint density at radius 1 is 1.44 bits per heavy atom. The maximum absolute atomic E-state index is 12.1. The second-order valence-electron chi connectivity index (χ2n) is 5.37. The van der Waals surface area contributed by atoms with Crippen LogP contribution in [0.15, 0.2) is 0 Å². The van der Waals surface area contributed by atoms with Crippen molar-refractivity contribution in [3.05, 3.63) is 0 Å². The van der Waals surface area contributed by atoms with E-state index in [1.54, 1.807) is 0 Å². The minimum absolute atomic E-state index is 0.0653. The first-order valence-electron chi connectivity index (χ1n) is 6.82. The van der Waals surface area contributed by atoms with E-state index in [0.29, 0.717) is 13.2 Å². The van der Waals surface area contributed by atoms with E-state index in [-0.39, 0.29) is 17.6 Å². The van der Waals surface area contributed by atoms with Gasteiger partial charge in [-0.1, -0.05) is 0 Å². The van der Waals surface area contributed by atoms with Gasteiger partial charge in [-0.3, -0.25) is 9.69 Å². The molecule has 2 N–H and O–H groups in total. The summed E-state index contributed by atoms with van der Waals surface area (Å²) in [6.45, 7) is 12.9. The predicted molar refractivity (Wildman–Crippen MR) is 72.6 cm³/mol. The number of ether oxygens (including phenoxy) is 1. The molecule has 0 saturated carbocycles. The molecule has 1 aliphatic rings. The second kappa shape index (κ2) is 7.07. The van der Waals surface area contributed by atoms with Crippen LogP contribution >= 0.6 is 0 Å². The highest BCUT2D eigenvalue weighted by Gasteiger charge is 2.25. The van der Waals surface area contributed by atoms with Crippen LogP contribution in [0.5, 0.6) is 0 Å². The minimum Gasteiger partial charge on any atom is -0.374 e. The number of amides is 1. The molecule has 1 amide bonds. The molecule has 18 heavy (non-hydrogen) atoms. The summed E-state index contributed by atoms with van der Waals surface area (Å²) >= 11 is 0. The van der Waals surface area contributed by atoms with Gasteiger partial charge in [-0.15, -0.1) is 0 Å². The third-order valence-corrected chi connectivity index (χ3v) is 3.30. The van der Waals surface area contributed by atoms with Crippen molar-refractivity contribution < 1.29 is 9.53 Å². The molecule has 106 valence electrons. The molecule has 5 heteroatoms. The Kier molecular flexibility index (Phi) is 6.05. The van der Waals surface area contributed by atoms with Crippen molar-refractivity contribution in [1.82, 2.24) is 15.5 Å². The maximum atomic E-state index is 12.1. The summed E-state index contributed by atoms with van der Waals surface area (Å²) in [5.74, 6) is 0.0877. The Hall–Kier alpha value is -0.650. The number of carbonyl (C=O) groups excluding carboxylic acids is 1. The van der Waals surface area contributed by atoms with Crippen LogP contribution in [-0.2, 0) is 9.53 Å². The topological polar surface area (TPSA) is 53.6 Å². The van der Waals surface area contributed by atoms with Crippen molar-refractivity contribution in [3.8, 4) is 0 Å². The van der Waals surface area contributed by atoms with Crippen molar-refractivity contribution >= 4 is 5.91 Å². The van der Waals surface area contributed by atoms with Crippen LogP contribution in [0, 0.1) is 0 Å². The SMILES string of the molecule is CCOC(C)(C)CNC(=O)C(C)N1CCNCC1. The van der Waals surface area contributed by atoms with E-state index in [0.717, 1.165) is 26.2 Å². The van der Waals surface area contributed by atoms with E-state index in [4.69, 9.17) is 4.74 Å². The Balaban J connectivity index is 2.35. The first-order chi connectivity index (χ1) is 8.46. The van der Waals surface area contributed by atoms with Gasteiger partial charge in [0.25, 0.3) is 0 Å². The van der Waals surface area contributed by atoms with E-state index in [2.05, 4.69) is 15.5 Å². The zero-order chi connectivity index (χ0) is 13.6. The number of carbonyl (C=O) groups is 1. The molecule has 0 radical (unpaired) electrons. The summed E-state index contributed by atoms with van der Waals surface area (Å²) in [5.41, 5.74) is -0.298. The fraction of sp³-hybridized carbons (Fsp3) is 0.923. The van der Waals surface area contributed by atoms with Crippen LogP contribution in [0.3, 0.4) is 0 Å². The molecular weight excluding hydrogens is 230 g/mol. The first kappa shape index (κ1) is 15.4. The lowest BCUT2D eigenvalue weighted by Gasteiger charge is -2.33. The van der Waals surface area contributed by atoms with E-state index in [1.807, 2.05) is 27.7 Å². The molecule has 0 aromatic heterocycles. The summed E-state index contributed by atoms with van der Waals surface area (Å²) in [7, 11) is 0. The van der Waals surface area contributed by atoms with Gasteiger partial charge in [0.05, 0.1) is 11.6 Å². The number of nitrogens with zero attached hydrogens (tertiary/aromatic N) is 1. The smallest absolute Gasteiger partial charge is 0.237 e. The van der Waals surface area contributed by atoms with Crippen molar-refractivity contribution in [1.29, 1.82) is 0 Å². The normalized spacial score (nSPS) is 19.6. The first-order valence-corrected chi connectivity index (χ1v) is 6.82. The number of hydrogen-bond donors (Lipinski definition) is 2. The maximum Gasteiger partial charge on any atom is 0.237 e. The van der Waals surface area contributed by atoms with E-state index in [1.165, 1.54) is 0 Å². The van der Waals surface area contributed by atoms with Gasteiger partial charge >= 0.3 is 0 Å². The van der Waals surface area contributed by atoms with Gasteiger partial charge in [0.2, 0.25) is 5.91 Å². The molecule has 1 heterocycles. The summed E-state index contributed by atoms with van der Waals surface area (Å²) in [6, 6.07) is -0.0653. The average Bonchev–Trinajstić information content (AvgIpc) is 2.36. The summed E-state index contributed by atoms with van der Waals surface area (Å²) in [5, 5.41) is 6.27. The second-order valence-corrected chi connectivity index (χ2v) is 5.37. The lowest BCUT2D eigenvalue weighted by molar-refractivity contribution is -0.127. The molecular formula is C13H27N3O2. The van der Waals surface area contributed by atoms with Crippen molar-refractivity contribution in [2.24, 2.45) is 0 Å². The van der Waals surface area contributed by atoms with Crippen molar-refractivity contribution in [2.75, 3.05) is 39.3 Å². The van der Waals surface area contributed by atoms with Crippen molar-refractivity contribution in [3.63, 3.8) is 0 Å². The number of piperazine rings is 1. The monoisotopic (exact) mass is 257 g/mol. The third kappa shape index (κ3) is 4.92. The fourth-order valence-electron chi connectivity index (χ4n) is 2.12. The summed E-state index contributed by atoms with van der Waals surface area (Å²) in [6.07, 6.45) is 0. The lowest BCUT2D eigenvalue weighted by atomic mass is 10.1. The van der Waals surface area contributed by atoms with Gasteiger partial charge in [0, 0.05) is 39.3 Å². The Bertz CT molecular complexity index is 263. The zero-order valence-electron chi connectivity index (χ0n) is 12.1. The Labute approximate surface area is 110 Å². The summed E-state index contributed by atoms with van der Waals surface area (Å²) < 4.78 is 5.57. The van der Waals surface area contributed by atoms with Crippen LogP contribution in [-0.4, -0.2) is 61.8 Å². The van der Waals surface area contributed by atoms with Gasteiger partial charge in [-0.2, -0.15) is 0 Å². The fourth-order valence-corrected chi connectivity index (χ4v) is 2.12. The van der Waals surface area contributed by atoms with Crippen LogP contribution < -0.4 is 10.6 Å². The van der Waals surface area contributed by atoms with Gasteiger partial charge < -0.3 is 15.4 Å². The van der Waals surface area contributed by atoms with Crippen molar-refractivity contribution in [2.45, 2.75) is 39.3 Å². The molecule has 1 fully saturated rings. The molecule has 1 rings (SSSR count). The van der Waals surface area contributed by atoms with Crippen LogP contribution in [0.25, 0.3) is 0 Å². The van der Waals surface area contributed by atoms with Gasteiger partial charge in [-0.25, -0.2) is 0 Å². The Morgan fingerprint density at radius 3 is 2.61 bits per heavy atom. The highest BCUT2D eigenvalue weighted by molar-refractivity contribution is 5.81. The van der Waals surface area contributed by atoms with E-state index < -0.39 is 0 Å². The molecule has 0 spiro atoms. The largest absolute Gasteiger partial charge is 0.374 e. The van der Waals surface area contributed by atoms with E-state index >= 15 is 0 Å². The molecule has 5 nitrogen and oxygen atoms in total. The number of hydrogen-bond acceptors (Lipinski definition) is 4. The van der Waals surface area contributed by atoms with E-state index in [9.17, 15) is 4.79 Å². The number of nitrogens with one attached hydrogen (secondary N) is 2. The Morgan fingerprint density at radius 2 is 2.06 bits per heavy atom. The van der Waals surface area contributed by atoms with Gasteiger partial charge in [0.1, 0.15) is 0 Å². The molecule has 0 aliphatic carbocycles. The molecule has 0 aromatic rings. The standard InChI is InChI=1S/C13H27N3O2/c1-5-18-13(3,4)10-15-12(17)11(2)16-8-6-14-7-9-16/h11,14H,5-10H2,1-4H3,(H,15,17). The average molecular weight is 257 g/mol. The van der Waals surface area contributed by atoms with Gasteiger partial charge in [0.15, 0.2) is 0 Å². The molecule has 1 saturated heterocycles. The lowest BCUT2D eigenvalue weighted by Crippen LogP contribution is -2.54. The highest BCUT2D eigenvalue weighted by atomic mass is 16.5. The molecule has 1 atom stereocenters. The van der Waals surface area contributed by atoms with Crippen LogP contribution in [0.1, 0.15) is 27.7 Å². The summed E-state index contributed by atoms with van der Waals surface area (Å²) in [4.78, 5) is 14.3. The molecule has 1 unspecified atom stereocenters. The molecule has 0 aromatic carbocycles. The molecule has 1 aliphatic heterocycles. The van der Waals surface area contributed by atoms with Gasteiger partial charge in [-0.05, 0) is 27.7 Å². The van der Waals surface area contributed by atoms with Crippen LogP contribution in [0.2, 0.25) is 0 Å². The minimum atomic E-state index is -0.298.